The molecule has 138 valence electrons. The summed E-state index contributed by atoms with van der Waals surface area (Å²) in [5.74, 6) is -0.0353. The van der Waals surface area contributed by atoms with Gasteiger partial charge in [0.05, 0.1) is 0 Å². The number of amides is 2. The minimum absolute atomic E-state index is 0.0425. The van der Waals surface area contributed by atoms with Crippen LogP contribution in [0, 0.1) is 0 Å². The van der Waals surface area contributed by atoms with Crippen LogP contribution in [0.1, 0.15) is 38.7 Å². The second-order valence-electron chi connectivity index (χ2n) is 6.50. The molecule has 2 amide bonds. The molecule has 1 saturated heterocycles. The summed E-state index contributed by atoms with van der Waals surface area (Å²) in [5.41, 5.74) is 0.332. The zero-order chi connectivity index (χ0) is 18.3. The molecule has 0 bridgehead atoms. The Hall–Kier alpha value is -1.59. The molecule has 1 fully saturated rings. The van der Waals surface area contributed by atoms with Gasteiger partial charge in [0, 0.05) is 37.7 Å². The van der Waals surface area contributed by atoms with E-state index in [2.05, 4.69) is 5.32 Å². The van der Waals surface area contributed by atoms with Crippen LogP contribution in [-0.4, -0.2) is 48.6 Å². The summed E-state index contributed by atoms with van der Waals surface area (Å²) in [7, 11) is 0. The van der Waals surface area contributed by atoms with Crippen molar-refractivity contribution in [1.82, 2.24) is 10.2 Å². The van der Waals surface area contributed by atoms with Crippen molar-refractivity contribution in [3.05, 3.63) is 34.9 Å². The number of benzene rings is 1. The summed E-state index contributed by atoms with van der Waals surface area (Å²) in [6, 6.07) is 7.59. The number of hydrogen-bond donors (Lipinski definition) is 1. The van der Waals surface area contributed by atoms with Gasteiger partial charge in [0.25, 0.3) is 0 Å². The van der Waals surface area contributed by atoms with E-state index < -0.39 is 5.54 Å². The molecule has 1 aliphatic rings. The Morgan fingerprint density at radius 1 is 1.36 bits per heavy atom. The smallest absolute Gasteiger partial charge is 0.245 e. The molecule has 0 aromatic heterocycles. The van der Waals surface area contributed by atoms with Gasteiger partial charge in [0.15, 0.2) is 0 Å². The third kappa shape index (κ3) is 5.19. The van der Waals surface area contributed by atoms with Gasteiger partial charge >= 0.3 is 0 Å². The molecular formula is C19H27ClN2O3. The number of rotatable bonds is 9. The fourth-order valence-corrected chi connectivity index (χ4v) is 3.23. The maximum absolute atomic E-state index is 12.6. The summed E-state index contributed by atoms with van der Waals surface area (Å²) in [5, 5.41) is 3.64. The van der Waals surface area contributed by atoms with Crippen molar-refractivity contribution in [3.8, 4) is 0 Å². The van der Waals surface area contributed by atoms with Crippen molar-refractivity contribution in [3.63, 3.8) is 0 Å². The number of carbonyl (C=O) groups is 2. The fourth-order valence-electron chi connectivity index (χ4n) is 3.11. The van der Waals surface area contributed by atoms with E-state index in [-0.39, 0.29) is 11.8 Å². The standard InChI is InChI=1S/C19H27ClN2O3/c1-3-25-14-4-12-21-18(24)19(2)11-9-17(23)22(19)13-10-15-5-7-16(20)8-6-15/h5-8H,3-4,9-14H2,1-2H3,(H,21,24)/t19-/m0/s1. The van der Waals surface area contributed by atoms with Crippen LogP contribution in [0.25, 0.3) is 0 Å². The highest BCUT2D eigenvalue weighted by atomic mass is 35.5. The number of nitrogens with zero attached hydrogens (tertiary/aromatic N) is 1. The van der Waals surface area contributed by atoms with E-state index in [4.69, 9.17) is 16.3 Å². The molecule has 0 spiro atoms. The van der Waals surface area contributed by atoms with E-state index in [0.29, 0.717) is 50.6 Å². The van der Waals surface area contributed by atoms with E-state index in [1.54, 1.807) is 4.90 Å². The van der Waals surface area contributed by atoms with Crippen molar-refractivity contribution in [2.45, 2.75) is 45.1 Å². The van der Waals surface area contributed by atoms with Crippen molar-refractivity contribution in [1.29, 1.82) is 0 Å². The summed E-state index contributed by atoms with van der Waals surface area (Å²) in [4.78, 5) is 26.7. The molecule has 0 unspecified atom stereocenters. The number of ether oxygens (including phenoxy) is 1. The van der Waals surface area contributed by atoms with Gasteiger partial charge < -0.3 is 15.0 Å². The number of carbonyl (C=O) groups excluding carboxylic acids is 2. The van der Waals surface area contributed by atoms with Crippen LogP contribution >= 0.6 is 11.6 Å². The quantitative estimate of drug-likeness (QED) is 0.684. The summed E-state index contributed by atoms with van der Waals surface area (Å²) >= 11 is 5.90. The monoisotopic (exact) mass is 366 g/mol. The normalized spacial score (nSPS) is 20.1. The second-order valence-corrected chi connectivity index (χ2v) is 6.94. The third-order valence-electron chi connectivity index (χ3n) is 4.70. The molecule has 1 aliphatic heterocycles. The molecule has 25 heavy (non-hydrogen) atoms. The van der Waals surface area contributed by atoms with Gasteiger partial charge in [0.1, 0.15) is 5.54 Å². The average Bonchev–Trinajstić information content (AvgIpc) is 2.90. The van der Waals surface area contributed by atoms with Gasteiger partial charge in [-0.1, -0.05) is 23.7 Å². The molecular weight excluding hydrogens is 340 g/mol. The Morgan fingerprint density at radius 3 is 2.76 bits per heavy atom. The van der Waals surface area contributed by atoms with Crippen molar-refractivity contribution in [2.24, 2.45) is 0 Å². The van der Waals surface area contributed by atoms with Crippen LogP contribution in [0.3, 0.4) is 0 Å². The molecule has 5 nitrogen and oxygen atoms in total. The molecule has 1 atom stereocenters. The van der Waals surface area contributed by atoms with Gasteiger partial charge in [-0.2, -0.15) is 0 Å². The van der Waals surface area contributed by atoms with Crippen molar-refractivity contribution in [2.75, 3.05) is 26.3 Å². The van der Waals surface area contributed by atoms with Gasteiger partial charge in [-0.25, -0.2) is 0 Å². The molecule has 0 saturated carbocycles. The van der Waals surface area contributed by atoms with Crippen LogP contribution < -0.4 is 5.32 Å². The lowest BCUT2D eigenvalue weighted by Crippen LogP contribution is -2.55. The predicted octanol–water partition coefficient (Wildman–Crippen LogP) is 2.81. The first-order valence-corrected chi connectivity index (χ1v) is 9.26. The lowest BCUT2D eigenvalue weighted by molar-refractivity contribution is -0.140. The third-order valence-corrected chi connectivity index (χ3v) is 4.96. The van der Waals surface area contributed by atoms with E-state index in [0.717, 1.165) is 12.0 Å². The average molecular weight is 367 g/mol. The van der Waals surface area contributed by atoms with E-state index in [1.165, 1.54) is 0 Å². The molecule has 6 heteroatoms. The summed E-state index contributed by atoms with van der Waals surface area (Å²) in [6.07, 6.45) is 2.46. The van der Waals surface area contributed by atoms with Crippen LogP contribution in [-0.2, 0) is 20.7 Å². The van der Waals surface area contributed by atoms with E-state index in [9.17, 15) is 9.59 Å². The van der Waals surface area contributed by atoms with Gasteiger partial charge in [-0.05, 0) is 50.8 Å². The van der Waals surface area contributed by atoms with Gasteiger partial charge in [-0.3, -0.25) is 9.59 Å². The molecule has 1 heterocycles. The second kappa shape index (κ2) is 9.20. The van der Waals surface area contributed by atoms with Gasteiger partial charge in [-0.15, -0.1) is 0 Å². The number of hydrogen-bond acceptors (Lipinski definition) is 3. The highest BCUT2D eigenvalue weighted by Gasteiger charge is 2.46. The summed E-state index contributed by atoms with van der Waals surface area (Å²) < 4.78 is 5.27. The zero-order valence-electron chi connectivity index (χ0n) is 15.0. The fraction of sp³-hybridized carbons (Fsp3) is 0.579. The van der Waals surface area contributed by atoms with E-state index in [1.807, 2.05) is 38.1 Å². The predicted molar refractivity (Wildman–Crippen MR) is 98.6 cm³/mol. The molecule has 1 N–H and O–H groups in total. The lowest BCUT2D eigenvalue weighted by atomic mass is 9.97. The molecule has 0 aliphatic carbocycles. The SMILES string of the molecule is CCOCCCNC(=O)[C@]1(C)CCC(=O)N1CCc1ccc(Cl)cc1. The maximum Gasteiger partial charge on any atom is 0.245 e. The first-order valence-electron chi connectivity index (χ1n) is 8.88. The Bertz CT molecular complexity index is 591. The Morgan fingerprint density at radius 2 is 2.08 bits per heavy atom. The van der Waals surface area contributed by atoms with Crippen LogP contribution in [0.5, 0.6) is 0 Å². The number of likely N-dealkylation sites (tertiary alicyclic amines) is 1. The van der Waals surface area contributed by atoms with Crippen molar-refractivity contribution < 1.29 is 14.3 Å². The summed E-state index contributed by atoms with van der Waals surface area (Å²) in [6.45, 7) is 6.21. The maximum atomic E-state index is 12.6. The minimum Gasteiger partial charge on any atom is -0.382 e. The Balaban J connectivity index is 1.91. The molecule has 2 rings (SSSR count). The number of nitrogens with one attached hydrogen (secondary N) is 1. The highest BCUT2D eigenvalue weighted by Crippen LogP contribution is 2.30. The van der Waals surface area contributed by atoms with Crippen LogP contribution in [0.4, 0.5) is 0 Å². The molecule has 1 aromatic carbocycles. The first kappa shape index (κ1) is 19.7. The molecule has 0 radical (unpaired) electrons. The zero-order valence-corrected chi connectivity index (χ0v) is 15.8. The topological polar surface area (TPSA) is 58.6 Å². The van der Waals surface area contributed by atoms with Crippen LogP contribution in [0.15, 0.2) is 24.3 Å². The number of halogens is 1. The highest BCUT2D eigenvalue weighted by molar-refractivity contribution is 6.30. The molecule has 1 aromatic rings. The van der Waals surface area contributed by atoms with Crippen molar-refractivity contribution >= 4 is 23.4 Å². The van der Waals surface area contributed by atoms with Gasteiger partial charge in [0.2, 0.25) is 11.8 Å². The largest absolute Gasteiger partial charge is 0.382 e. The Kier molecular flexibility index (Phi) is 7.26. The van der Waals surface area contributed by atoms with Crippen LogP contribution in [0.2, 0.25) is 5.02 Å². The first-order chi connectivity index (χ1) is 12.0. The Labute approximate surface area is 154 Å². The van der Waals surface area contributed by atoms with E-state index >= 15 is 0 Å². The minimum atomic E-state index is -0.769. The lowest BCUT2D eigenvalue weighted by Gasteiger charge is -2.34.